The number of fused-ring (bicyclic) bond motifs is 1. The Hall–Kier alpha value is -2.08. The highest BCUT2D eigenvalue weighted by Crippen LogP contribution is 2.33. The SMILES string of the molecule is O=C(O)[C@H]1C[C@@H]2CCN(C(=O)OCc3ccccc3)C[C@@H]2O1. The van der Waals surface area contributed by atoms with Gasteiger partial charge in [-0.15, -0.1) is 0 Å². The predicted octanol–water partition coefficient (Wildman–Crippen LogP) is 1.89. The molecule has 2 saturated heterocycles. The normalized spacial score (nSPS) is 27.3. The molecule has 1 amide bonds. The van der Waals surface area contributed by atoms with Crippen molar-refractivity contribution in [2.75, 3.05) is 13.1 Å². The zero-order valence-electron chi connectivity index (χ0n) is 12.2. The molecule has 0 saturated carbocycles. The summed E-state index contributed by atoms with van der Waals surface area (Å²) in [4.78, 5) is 24.7. The van der Waals surface area contributed by atoms with E-state index in [9.17, 15) is 9.59 Å². The van der Waals surface area contributed by atoms with Crippen molar-refractivity contribution >= 4 is 12.1 Å². The van der Waals surface area contributed by atoms with E-state index in [1.165, 1.54) is 0 Å². The van der Waals surface area contributed by atoms with Gasteiger partial charge in [0.25, 0.3) is 0 Å². The average molecular weight is 305 g/mol. The van der Waals surface area contributed by atoms with Crippen LogP contribution in [0.15, 0.2) is 30.3 Å². The Morgan fingerprint density at radius 1 is 1.32 bits per heavy atom. The van der Waals surface area contributed by atoms with Gasteiger partial charge < -0.3 is 19.5 Å². The molecule has 0 aromatic heterocycles. The summed E-state index contributed by atoms with van der Waals surface area (Å²) >= 11 is 0. The van der Waals surface area contributed by atoms with E-state index in [-0.39, 0.29) is 24.7 Å². The number of carboxylic acid groups (broad SMARTS) is 1. The fourth-order valence-electron chi connectivity index (χ4n) is 3.07. The maximum absolute atomic E-state index is 12.1. The van der Waals surface area contributed by atoms with Crippen LogP contribution < -0.4 is 0 Å². The molecule has 2 aliphatic rings. The third-order valence-electron chi connectivity index (χ3n) is 4.29. The monoisotopic (exact) mass is 305 g/mol. The van der Waals surface area contributed by atoms with Crippen LogP contribution in [0.1, 0.15) is 18.4 Å². The molecule has 0 aliphatic carbocycles. The molecule has 6 heteroatoms. The lowest BCUT2D eigenvalue weighted by molar-refractivity contribution is -0.149. The van der Waals surface area contributed by atoms with Gasteiger partial charge in [-0.2, -0.15) is 0 Å². The lowest BCUT2D eigenvalue weighted by Crippen LogP contribution is -2.45. The molecule has 2 aliphatic heterocycles. The summed E-state index contributed by atoms with van der Waals surface area (Å²) < 4.78 is 10.8. The van der Waals surface area contributed by atoms with Gasteiger partial charge in [-0.05, 0) is 24.3 Å². The smallest absolute Gasteiger partial charge is 0.410 e. The highest BCUT2D eigenvalue weighted by molar-refractivity contribution is 5.73. The summed E-state index contributed by atoms with van der Waals surface area (Å²) in [5, 5.41) is 9.02. The molecule has 1 aromatic rings. The Bertz CT molecular complexity index is 547. The van der Waals surface area contributed by atoms with E-state index in [2.05, 4.69) is 0 Å². The first kappa shape index (κ1) is 14.8. The molecular formula is C16H19NO5. The number of ether oxygens (including phenoxy) is 2. The van der Waals surface area contributed by atoms with Crippen LogP contribution in [0.3, 0.4) is 0 Å². The molecule has 0 radical (unpaired) electrons. The molecule has 1 aromatic carbocycles. The van der Waals surface area contributed by atoms with E-state index in [0.717, 1.165) is 12.0 Å². The number of carbonyl (C=O) groups excluding carboxylic acids is 1. The van der Waals surface area contributed by atoms with Gasteiger partial charge in [-0.3, -0.25) is 0 Å². The zero-order valence-corrected chi connectivity index (χ0v) is 12.2. The molecule has 0 bridgehead atoms. The number of rotatable bonds is 3. The Balaban J connectivity index is 1.51. The molecule has 6 nitrogen and oxygen atoms in total. The zero-order chi connectivity index (χ0) is 15.5. The second kappa shape index (κ2) is 6.36. The summed E-state index contributed by atoms with van der Waals surface area (Å²) in [6.07, 6.45) is -0.0130. The van der Waals surface area contributed by atoms with Crippen LogP contribution in [0.2, 0.25) is 0 Å². The van der Waals surface area contributed by atoms with E-state index in [0.29, 0.717) is 19.5 Å². The minimum atomic E-state index is -0.924. The van der Waals surface area contributed by atoms with Crippen molar-refractivity contribution < 1.29 is 24.2 Å². The quantitative estimate of drug-likeness (QED) is 0.923. The minimum absolute atomic E-state index is 0.195. The van der Waals surface area contributed by atoms with Crippen molar-refractivity contribution in [2.24, 2.45) is 5.92 Å². The highest BCUT2D eigenvalue weighted by atomic mass is 16.6. The number of likely N-dealkylation sites (tertiary alicyclic amines) is 1. The van der Waals surface area contributed by atoms with Gasteiger partial charge in [-0.1, -0.05) is 30.3 Å². The van der Waals surface area contributed by atoms with Crippen molar-refractivity contribution in [1.82, 2.24) is 4.90 Å². The van der Waals surface area contributed by atoms with Crippen LogP contribution in [-0.2, 0) is 20.9 Å². The maximum atomic E-state index is 12.1. The summed E-state index contributed by atoms with van der Waals surface area (Å²) in [5.41, 5.74) is 0.939. The molecule has 0 unspecified atom stereocenters. The van der Waals surface area contributed by atoms with E-state index in [1.807, 2.05) is 30.3 Å². The number of piperidine rings is 1. The number of nitrogens with zero attached hydrogens (tertiary/aromatic N) is 1. The van der Waals surface area contributed by atoms with Gasteiger partial charge in [0.15, 0.2) is 6.10 Å². The van der Waals surface area contributed by atoms with Crippen molar-refractivity contribution in [1.29, 1.82) is 0 Å². The van der Waals surface area contributed by atoms with Crippen LogP contribution in [0.4, 0.5) is 4.79 Å². The predicted molar refractivity (Wildman–Crippen MR) is 77.2 cm³/mol. The number of carbonyl (C=O) groups is 2. The lowest BCUT2D eigenvalue weighted by atomic mass is 9.92. The second-order valence-electron chi connectivity index (χ2n) is 5.77. The van der Waals surface area contributed by atoms with Crippen molar-refractivity contribution in [3.05, 3.63) is 35.9 Å². The van der Waals surface area contributed by atoms with Gasteiger partial charge in [0, 0.05) is 6.54 Å². The number of aliphatic carboxylic acids is 1. The number of hydrogen-bond acceptors (Lipinski definition) is 4. The summed E-state index contributed by atoms with van der Waals surface area (Å²) in [5.74, 6) is -0.702. The van der Waals surface area contributed by atoms with Gasteiger partial charge in [0.1, 0.15) is 6.61 Å². The molecule has 2 fully saturated rings. The van der Waals surface area contributed by atoms with Crippen LogP contribution in [-0.4, -0.2) is 47.4 Å². The first-order valence-electron chi connectivity index (χ1n) is 7.47. The summed E-state index contributed by atoms with van der Waals surface area (Å²) in [6, 6.07) is 9.50. The Morgan fingerprint density at radius 3 is 2.82 bits per heavy atom. The fraction of sp³-hybridized carbons (Fsp3) is 0.500. The molecule has 118 valence electrons. The number of amides is 1. The van der Waals surface area contributed by atoms with Crippen LogP contribution >= 0.6 is 0 Å². The topological polar surface area (TPSA) is 76.1 Å². The number of benzene rings is 1. The van der Waals surface area contributed by atoms with E-state index in [1.54, 1.807) is 4.90 Å². The summed E-state index contributed by atoms with van der Waals surface area (Å²) in [7, 11) is 0. The van der Waals surface area contributed by atoms with Crippen molar-refractivity contribution in [3.8, 4) is 0 Å². The second-order valence-corrected chi connectivity index (χ2v) is 5.77. The first-order valence-corrected chi connectivity index (χ1v) is 7.47. The van der Waals surface area contributed by atoms with Crippen molar-refractivity contribution in [2.45, 2.75) is 31.7 Å². The Kier molecular flexibility index (Phi) is 4.29. The minimum Gasteiger partial charge on any atom is -0.479 e. The first-order chi connectivity index (χ1) is 10.6. The van der Waals surface area contributed by atoms with Crippen LogP contribution in [0.5, 0.6) is 0 Å². The Morgan fingerprint density at radius 2 is 2.09 bits per heavy atom. The van der Waals surface area contributed by atoms with Crippen molar-refractivity contribution in [3.63, 3.8) is 0 Å². The molecule has 3 atom stereocenters. The fourth-order valence-corrected chi connectivity index (χ4v) is 3.07. The third kappa shape index (κ3) is 3.22. The number of carboxylic acids is 1. The van der Waals surface area contributed by atoms with Gasteiger partial charge in [0.2, 0.25) is 0 Å². The molecule has 3 rings (SSSR count). The maximum Gasteiger partial charge on any atom is 0.410 e. The van der Waals surface area contributed by atoms with Crippen LogP contribution in [0, 0.1) is 5.92 Å². The van der Waals surface area contributed by atoms with E-state index < -0.39 is 12.1 Å². The molecule has 22 heavy (non-hydrogen) atoms. The van der Waals surface area contributed by atoms with E-state index in [4.69, 9.17) is 14.6 Å². The Labute approximate surface area is 128 Å². The standard InChI is InChI=1S/C16H19NO5/c18-15(19)13-8-12-6-7-17(9-14(12)22-13)16(20)21-10-11-4-2-1-3-5-11/h1-5,12-14H,6-10H2,(H,18,19)/t12-,13+,14-/m0/s1. The average Bonchev–Trinajstić information content (AvgIpc) is 2.97. The third-order valence-corrected chi connectivity index (χ3v) is 4.29. The lowest BCUT2D eigenvalue weighted by Gasteiger charge is -2.33. The number of hydrogen-bond donors (Lipinski definition) is 1. The highest BCUT2D eigenvalue weighted by Gasteiger charge is 2.43. The van der Waals surface area contributed by atoms with Gasteiger partial charge >= 0.3 is 12.1 Å². The van der Waals surface area contributed by atoms with Gasteiger partial charge in [-0.25, -0.2) is 9.59 Å². The largest absolute Gasteiger partial charge is 0.479 e. The van der Waals surface area contributed by atoms with Crippen LogP contribution in [0.25, 0.3) is 0 Å². The molecular weight excluding hydrogens is 286 g/mol. The molecule has 0 spiro atoms. The van der Waals surface area contributed by atoms with E-state index >= 15 is 0 Å². The van der Waals surface area contributed by atoms with Gasteiger partial charge in [0.05, 0.1) is 12.6 Å². The molecule has 1 N–H and O–H groups in total. The molecule has 2 heterocycles. The summed E-state index contributed by atoms with van der Waals surface area (Å²) in [6.45, 7) is 1.23.